The molecule has 2 heterocycles. The number of hydrogen-bond donors (Lipinski definition) is 2. The molecule has 6 nitrogen and oxygen atoms in total. The molecule has 0 spiro atoms. The fourth-order valence-corrected chi connectivity index (χ4v) is 3.58. The molecule has 0 aliphatic heterocycles. The molecular formula is C13H15NO5S2. The lowest BCUT2D eigenvalue weighted by Crippen LogP contribution is -2.42. The number of carboxylic acids is 1. The number of thiophene rings is 1. The maximum absolute atomic E-state index is 12.1. The summed E-state index contributed by atoms with van der Waals surface area (Å²) in [5, 5.41) is 12.5. The predicted molar refractivity (Wildman–Crippen MR) is 77.9 cm³/mol. The minimum atomic E-state index is -3.99. The fraction of sp³-hybridized carbons (Fsp3) is 0.308. The van der Waals surface area contributed by atoms with Crippen molar-refractivity contribution in [2.24, 2.45) is 0 Å². The van der Waals surface area contributed by atoms with E-state index in [1.165, 1.54) is 17.4 Å². The van der Waals surface area contributed by atoms with Crippen molar-refractivity contribution in [2.75, 3.05) is 0 Å². The van der Waals surface area contributed by atoms with Gasteiger partial charge >= 0.3 is 5.97 Å². The van der Waals surface area contributed by atoms with Gasteiger partial charge < -0.3 is 9.52 Å². The summed E-state index contributed by atoms with van der Waals surface area (Å²) in [6, 6.07) is 3.41. The van der Waals surface area contributed by atoms with Crippen molar-refractivity contribution in [3.8, 4) is 0 Å². The number of aliphatic carboxylic acids is 1. The number of aryl methyl sites for hydroxylation is 1. The van der Waals surface area contributed by atoms with Crippen molar-refractivity contribution in [2.45, 2.75) is 30.9 Å². The van der Waals surface area contributed by atoms with Crippen molar-refractivity contribution < 1.29 is 22.7 Å². The molecule has 0 amide bonds. The zero-order valence-electron chi connectivity index (χ0n) is 11.3. The fourth-order valence-electron chi connectivity index (χ4n) is 1.76. The standard InChI is InChI=1S/C13H15NO5S2/c1-2-10-3-4-12(19-10)21(17,18)14-11(13(15)16)7-9-5-6-20-8-9/h3-6,8,11,14H,2,7H2,1H3,(H,15,16). The first-order valence-corrected chi connectivity index (χ1v) is 8.70. The molecule has 2 N–H and O–H groups in total. The summed E-state index contributed by atoms with van der Waals surface area (Å²) in [6.07, 6.45) is 0.645. The third-order valence-corrected chi connectivity index (χ3v) is 4.94. The number of sulfonamides is 1. The van der Waals surface area contributed by atoms with Gasteiger partial charge in [-0.15, -0.1) is 0 Å². The molecule has 2 aromatic rings. The van der Waals surface area contributed by atoms with E-state index in [2.05, 4.69) is 4.72 Å². The third kappa shape index (κ3) is 3.93. The van der Waals surface area contributed by atoms with E-state index >= 15 is 0 Å². The van der Waals surface area contributed by atoms with Gasteiger partial charge in [0, 0.05) is 12.8 Å². The summed E-state index contributed by atoms with van der Waals surface area (Å²) in [6.45, 7) is 1.83. The molecule has 0 aliphatic rings. The molecule has 114 valence electrons. The van der Waals surface area contributed by atoms with Gasteiger partial charge in [0.2, 0.25) is 5.09 Å². The molecule has 0 aromatic carbocycles. The van der Waals surface area contributed by atoms with E-state index in [0.717, 1.165) is 5.56 Å². The maximum atomic E-state index is 12.1. The summed E-state index contributed by atoms with van der Waals surface area (Å²) >= 11 is 1.43. The summed E-state index contributed by atoms with van der Waals surface area (Å²) in [5.74, 6) is -0.702. The van der Waals surface area contributed by atoms with Crippen molar-refractivity contribution in [1.82, 2.24) is 4.72 Å². The van der Waals surface area contributed by atoms with E-state index < -0.39 is 22.0 Å². The highest BCUT2D eigenvalue weighted by Crippen LogP contribution is 2.16. The van der Waals surface area contributed by atoms with Gasteiger partial charge in [-0.05, 0) is 34.5 Å². The van der Waals surface area contributed by atoms with E-state index in [9.17, 15) is 18.3 Å². The Bertz CT molecular complexity index is 703. The molecule has 0 saturated heterocycles. The Hall–Kier alpha value is -1.64. The molecule has 0 saturated carbocycles. The van der Waals surface area contributed by atoms with Gasteiger partial charge in [0.1, 0.15) is 11.8 Å². The number of carbonyl (C=O) groups is 1. The monoisotopic (exact) mass is 329 g/mol. The normalized spacial score (nSPS) is 13.2. The van der Waals surface area contributed by atoms with Gasteiger partial charge in [0.15, 0.2) is 0 Å². The number of hydrogen-bond acceptors (Lipinski definition) is 5. The lowest BCUT2D eigenvalue weighted by molar-refractivity contribution is -0.138. The average Bonchev–Trinajstić information content (AvgIpc) is 3.08. The SMILES string of the molecule is CCc1ccc(S(=O)(=O)NC(Cc2ccsc2)C(=O)O)o1. The Morgan fingerprint density at radius 1 is 1.43 bits per heavy atom. The molecule has 0 fully saturated rings. The van der Waals surface area contributed by atoms with Crippen LogP contribution < -0.4 is 4.72 Å². The number of carboxylic acid groups (broad SMARTS) is 1. The second kappa shape index (κ2) is 6.42. The van der Waals surface area contributed by atoms with Crippen LogP contribution in [0.4, 0.5) is 0 Å². The van der Waals surface area contributed by atoms with Crippen LogP contribution in [-0.4, -0.2) is 25.5 Å². The largest absolute Gasteiger partial charge is 0.480 e. The van der Waals surface area contributed by atoms with Crippen LogP contribution in [0.2, 0.25) is 0 Å². The smallest absolute Gasteiger partial charge is 0.322 e. The number of furan rings is 1. The molecule has 0 bridgehead atoms. The topological polar surface area (TPSA) is 96.6 Å². The van der Waals surface area contributed by atoms with E-state index in [4.69, 9.17) is 4.42 Å². The minimum absolute atomic E-state index is 0.0827. The molecule has 2 rings (SSSR count). The zero-order valence-corrected chi connectivity index (χ0v) is 12.9. The van der Waals surface area contributed by atoms with Crippen LogP contribution in [0.5, 0.6) is 0 Å². The van der Waals surface area contributed by atoms with E-state index in [-0.39, 0.29) is 11.5 Å². The first-order chi connectivity index (χ1) is 9.92. The van der Waals surface area contributed by atoms with Gasteiger partial charge in [-0.2, -0.15) is 16.1 Å². The summed E-state index contributed by atoms with van der Waals surface area (Å²) in [4.78, 5) is 11.2. The van der Waals surface area contributed by atoms with Crippen LogP contribution in [0.15, 0.2) is 38.5 Å². The van der Waals surface area contributed by atoms with E-state index in [1.807, 2.05) is 12.3 Å². The molecule has 2 aromatic heterocycles. The van der Waals surface area contributed by atoms with Crippen molar-refractivity contribution in [3.63, 3.8) is 0 Å². The van der Waals surface area contributed by atoms with Crippen LogP contribution in [0.25, 0.3) is 0 Å². The average molecular weight is 329 g/mol. The Labute approximate surface area is 126 Å². The molecule has 21 heavy (non-hydrogen) atoms. The van der Waals surface area contributed by atoms with Gasteiger partial charge in [-0.25, -0.2) is 8.42 Å². The summed E-state index contributed by atoms with van der Waals surface area (Å²) in [5.41, 5.74) is 0.767. The van der Waals surface area contributed by atoms with E-state index in [0.29, 0.717) is 12.2 Å². The molecule has 1 atom stereocenters. The lowest BCUT2D eigenvalue weighted by atomic mass is 10.1. The third-order valence-electron chi connectivity index (χ3n) is 2.87. The van der Waals surface area contributed by atoms with Crippen LogP contribution in [0, 0.1) is 0 Å². The lowest BCUT2D eigenvalue weighted by Gasteiger charge is -2.12. The highest BCUT2D eigenvalue weighted by Gasteiger charge is 2.27. The van der Waals surface area contributed by atoms with Crippen LogP contribution in [0.3, 0.4) is 0 Å². The van der Waals surface area contributed by atoms with Gasteiger partial charge in [-0.3, -0.25) is 4.79 Å². The van der Waals surface area contributed by atoms with Crippen molar-refractivity contribution in [3.05, 3.63) is 40.3 Å². The van der Waals surface area contributed by atoms with Crippen molar-refractivity contribution in [1.29, 1.82) is 0 Å². The Morgan fingerprint density at radius 2 is 2.19 bits per heavy atom. The maximum Gasteiger partial charge on any atom is 0.322 e. The Balaban J connectivity index is 2.17. The predicted octanol–water partition coefficient (Wildman–Crippen LogP) is 1.88. The number of nitrogens with one attached hydrogen (secondary N) is 1. The second-order valence-electron chi connectivity index (χ2n) is 4.42. The highest BCUT2D eigenvalue weighted by molar-refractivity contribution is 7.89. The molecule has 0 aliphatic carbocycles. The zero-order chi connectivity index (χ0) is 15.5. The van der Waals surface area contributed by atoms with Gasteiger partial charge in [0.05, 0.1) is 0 Å². The first kappa shape index (κ1) is 15.7. The van der Waals surface area contributed by atoms with E-state index in [1.54, 1.807) is 17.5 Å². The Kier molecular flexibility index (Phi) is 4.81. The van der Waals surface area contributed by atoms with Crippen LogP contribution in [0.1, 0.15) is 18.2 Å². The van der Waals surface area contributed by atoms with Gasteiger partial charge in [0.25, 0.3) is 10.0 Å². The van der Waals surface area contributed by atoms with Crippen molar-refractivity contribution >= 4 is 27.3 Å². The van der Waals surface area contributed by atoms with Crippen LogP contribution >= 0.6 is 11.3 Å². The van der Waals surface area contributed by atoms with Gasteiger partial charge in [-0.1, -0.05) is 6.92 Å². The number of rotatable bonds is 7. The quantitative estimate of drug-likeness (QED) is 0.808. The molecule has 0 radical (unpaired) electrons. The summed E-state index contributed by atoms with van der Waals surface area (Å²) < 4.78 is 31.6. The first-order valence-electron chi connectivity index (χ1n) is 6.27. The Morgan fingerprint density at radius 3 is 2.71 bits per heavy atom. The molecule has 1 unspecified atom stereocenters. The molecule has 8 heteroatoms. The highest BCUT2D eigenvalue weighted by atomic mass is 32.2. The van der Waals surface area contributed by atoms with Crippen LogP contribution in [-0.2, 0) is 27.7 Å². The molecular weight excluding hydrogens is 314 g/mol. The summed E-state index contributed by atoms with van der Waals surface area (Å²) in [7, 11) is -3.99. The second-order valence-corrected chi connectivity index (χ2v) is 6.85. The minimum Gasteiger partial charge on any atom is -0.480 e.